The van der Waals surface area contributed by atoms with Gasteiger partial charge in [0.25, 0.3) is 5.91 Å². The van der Waals surface area contributed by atoms with Gasteiger partial charge in [-0.15, -0.1) is 0 Å². The Morgan fingerprint density at radius 1 is 1.03 bits per heavy atom. The normalized spacial score (nSPS) is 11.4. The monoisotopic (exact) mass is 413 g/mol. The van der Waals surface area contributed by atoms with Crippen molar-refractivity contribution in [2.24, 2.45) is 4.99 Å². The first-order chi connectivity index (χ1) is 14.6. The first-order valence-electron chi connectivity index (χ1n) is 10.9. The van der Waals surface area contributed by atoms with Gasteiger partial charge in [0.1, 0.15) is 5.76 Å². The summed E-state index contributed by atoms with van der Waals surface area (Å²) < 4.78 is 5.44. The lowest BCUT2D eigenvalue weighted by atomic mass is 10.1. The number of aliphatic imine (C=N–C) groups is 1. The third-order valence-electron chi connectivity index (χ3n) is 5.06. The van der Waals surface area contributed by atoms with Crippen LogP contribution in [0.3, 0.4) is 0 Å². The van der Waals surface area contributed by atoms with E-state index < -0.39 is 0 Å². The zero-order chi connectivity index (χ0) is 21.9. The van der Waals surface area contributed by atoms with Crippen LogP contribution in [0, 0.1) is 0 Å². The summed E-state index contributed by atoms with van der Waals surface area (Å²) in [6.45, 7) is 13.5. The first-order valence-corrected chi connectivity index (χ1v) is 10.9. The Labute approximate surface area is 179 Å². The van der Waals surface area contributed by atoms with Crippen LogP contribution in [-0.2, 0) is 25.9 Å². The van der Waals surface area contributed by atoms with Gasteiger partial charge in [-0.3, -0.25) is 4.79 Å². The fourth-order valence-electron chi connectivity index (χ4n) is 3.27. The minimum atomic E-state index is 0.0669. The summed E-state index contributed by atoms with van der Waals surface area (Å²) in [6.07, 6.45) is 1.66. The summed E-state index contributed by atoms with van der Waals surface area (Å²) in [6, 6.07) is 7.69. The Balaban J connectivity index is 2.04. The molecular formula is C23H35N5O2. The molecule has 0 aliphatic rings. The van der Waals surface area contributed by atoms with E-state index in [9.17, 15) is 4.79 Å². The van der Waals surface area contributed by atoms with Crippen molar-refractivity contribution in [2.75, 3.05) is 19.6 Å². The molecule has 1 heterocycles. The maximum atomic E-state index is 12.4. The molecule has 0 aliphatic carbocycles. The number of nitrogens with one attached hydrogen (secondary N) is 2. The lowest BCUT2D eigenvalue weighted by Gasteiger charge is -2.18. The summed E-state index contributed by atoms with van der Waals surface area (Å²) >= 11 is 0. The number of amides is 1. The molecule has 164 valence electrons. The summed E-state index contributed by atoms with van der Waals surface area (Å²) in [5.74, 6) is 1.73. The molecule has 0 saturated heterocycles. The van der Waals surface area contributed by atoms with Crippen LogP contribution in [0.15, 0.2) is 33.8 Å². The van der Waals surface area contributed by atoms with Crippen LogP contribution in [0.5, 0.6) is 0 Å². The van der Waals surface area contributed by atoms with Gasteiger partial charge in [0.15, 0.2) is 5.96 Å². The van der Waals surface area contributed by atoms with Crippen LogP contribution in [-0.4, -0.2) is 41.6 Å². The number of hydrogen-bond acceptors (Lipinski definition) is 4. The fourth-order valence-corrected chi connectivity index (χ4v) is 3.27. The highest BCUT2D eigenvalue weighted by Gasteiger charge is 2.14. The smallest absolute Gasteiger partial charge is 0.253 e. The van der Waals surface area contributed by atoms with E-state index in [2.05, 4.69) is 34.6 Å². The molecule has 30 heavy (non-hydrogen) atoms. The quantitative estimate of drug-likeness (QED) is 0.460. The predicted molar refractivity (Wildman–Crippen MR) is 121 cm³/mol. The highest BCUT2D eigenvalue weighted by Crippen LogP contribution is 2.15. The molecule has 0 saturated carbocycles. The van der Waals surface area contributed by atoms with E-state index in [4.69, 9.17) is 4.52 Å². The van der Waals surface area contributed by atoms with Crippen molar-refractivity contribution >= 4 is 11.9 Å². The second-order valence-corrected chi connectivity index (χ2v) is 6.96. The maximum absolute atomic E-state index is 12.4. The fraction of sp³-hybridized carbons (Fsp3) is 0.522. The summed E-state index contributed by atoms with van der Waals surface area (Å²) in [4.78, 5) is 18.9. The van der Waals surface area contributed by atoms with Crippen molar-refractivity contribution in [3.8, 4) is 0 Å². The number of nitrogens with zero attached hydrogens (tertiary/aromatic N) is 3. The number of carbonyl (C=O) groups is 1. The largest absolute Gasteiger partial charge is 0.361 e. The summed E-state index contributed by atoms with van der Waals surface area (Å²) in [5, 5.41) is 10.8. The Kier molecular flexibility index (Phi) is 9.38. The third-order valence-corrected chi connectivity index (χ3v) is 5.06. The molecule has 0 radical (unpaired) electrons. The van der Waals surface area contributed by atoms with Crippen molar-refractivity contribution in [3.63, 3.8) is 0 Å². The minimum Gasteiger partial charge on any atom is -0.361 e. The van der Waals surface area contributed by atoms with Gasteiger partial charge in [-0.25, -0.2) is 4.99 Å². The van der Waals surface area contributed by atoms with Gasteiger partial charge in [0.05, 0.1) is 12.2 Å². The van der Waals surface area contributed by atoms with E-state index in [1.165, 1.54) is 0 Å². The third kappa shape index (κ3) is 6.08. The number of hydrogen-bond donors (Lipinski definition) is 2. The van der Waals surface area contributed by atoms with E-state index in [-0.39, 0.29) is 5.91 Å². The molecule has 1 amide bonds. The van der Waals surface area contributed by atoms with Gasteiger partial charge >= 0.3 is 0 Å². The number of guanidine groups is 1. The van der Waals surface area contributed by atoms with Crippen LogP contribution in [0.25, 0.3) is 0 Å². The SMILES string of the molecule is CCNC(=NCc1ccc(C(=O)N(CC)CC)cc1)NCc1c(CC)noc1CC. The molecule has 7 nitrogen and oxygen atoms in total. The average molecular weight is 414 g/mol. The van der Waals surface area contributed by atoms with Crippen molar-refractivity contribution in [1.29, 1.82) is 0 Å². The number of carbonyl (C=O) groups excluding carboxylic acids is 1. The van der Waals surface area contributed by atoms with E-state index in [0.717, 1.165) is 47.9 Å². The lowest BCUT2D eigenvalue weighted by Crippen LogP contribution is -2.37. The molecule has 7 heteroatoms. The molecular weight excluding hydrogens is 378 g/mol. The van der Waals surface area contributed by atoms with E-state index >= 15 is 0 Å². The molecule has 2 rings (SSSR count). The van der Waals surface area contributed by atoms with Crippen LogP contribution in [0.1, 0.15) is 67.6 Å². The van der Waals surface area contributed by atoms with Crippen molar-refractivity contribution in [2.45, 2.75) is 60.5 Å². The number of benzene rings is 1. The van der Waals surface area contributed by atoms with Crippen LogP contribution >= 0.6 is 0 Å². The Morgan fingerprint density at radius 2 is 1.73 bits per heavy atom. The number of aryl methyl sites for hydroxylation is 2. The Hall–Kier alpha value is -2.83. The molecule has 0 atom stereocenters. The zero-order valence-electron chi connectivity index (χ0n) is 18.9. The molecule has 0 aliphatic heterocycles. The predicted octanol–water partition coefficient (Wildman–Crippen LogP) is 3.54. The molecule has 1 aromatic heterocycles. The van der Waals surface area contributed by atoms with Gasteiger partial charge in [0.2, 0.25) is 0 Å². The molecule has 2 aromatic rings. The number of rotatable bonds is 10. The number of aromatic nitrogens is 1. The standard InChI is InChI=1S/C23H35N5O2/c1-6-20-19(21(7-2)30-27-20)16-26-23(24-8-3)25-15-17-11-13-18(14-12-17)22(29)28(9-4)10-5/h11-14H,6-10,15-16H2,1-5H3,(H2,24,25,26). The van der Waals surface area contributed by atoms with E-state index in [1.54, 1.807) is 0 Å². The summed E-state index contributed by atoms with van der Waals surface area (Å²) in [7, 11) is 0. The van der Waals surface area contributed by atoms with E-state index in [1.807, 2.05) is 49.9 Å². The van der Waals surface area contributed by atoms with Crippen LogP contribution in [0.2, 0.25) is 0 Å². The molecule has 0 spiro atoms. The van der Waals surface area contributed by atoms with Gasteiger partial charge in [-0.05, 0) is 44.9 Å². The van der Waals surface area contributed by atoms with Gasteiger partial charge < -0.3 is 20.1 Å². The lowest BCUT2D eigenvalue weighted by molar-refractivity contribution is 0.0773. The molecule has 2 N–H and O–H groups in total. The average Bonchev–Trinajstić information content (AvgIpc) is 3.18. The van der Waals surface area contributed by atoms with Gasteiger partial charge in [-0.2, -0.15) is 0 Å². The second kappa shape index (κ2) is 12.0. The van der Waals surface area contributed by atoms with Gasteiger partial charge in [-0.1, -0.05) is 31.1 Å². The molecule has 0 fully saturated rings. The van der Waals surface area contributed by atoms with Gasteiger partial charge in [0, 0.05) is 43.7 Å². The van der Waals surface area contributed by atoms with E-state index in [0.29, 0.717) is 31.7 Å². The molecule has 1 aromatic carbocycles. The first kappa shape index (κ1) is 23.4. The van der Waals surface area contributed by atoms with Crippen LogP contribution < -0.4 is 10.6 Å². The second-order valence-electron chi connectivity index (χ2n) is 6.96. The van der Waals surface area contributed by atoms with Crippen molar-refractivity contribution in [1.82, 2.24) is 20.7 Å². The summed E-state index contributed by atoms with van der Waals surface area (Å²) in [5.41, 5.74) is 3.87. The highest BCUT2D eigenvalue weighted by molar-refractivity contribution is 5.94. The van der Waals surface area contributed by atoms with Crippen molar-refractivity contribution in [3.05, 3.63) is 52.4 Å². The van der Waals surface area contributed by atoms with Crippen molar-refractivity contribution < 1.29 is 9.32 Å². The molecule has 0 unspecified atom stereocenters. The Morgan fingerprint density at radius 3 is 2.30 bits per heavy atom. The minimum absolute atomic E-state index is 0.0669. The maximum Gasteiger partial charge on any atom is 0.253 e. The Bertz CT molecular complexity index is 801. The van der Waals surface area contributed by atoms with Crippen LogP contribution in [0.4, 0.5) is 0 Å². The molecule has 0 bridgehead atoms. The topological polar surface area (TPSA) is 82.8 Å². The highest BCUT2D eigenvalue weighted by atomic mass is 16.5. The zero-order valence-corrected chi connectivity index (χ0v) is 18.9.